The van der Waals surface area contributed by atoms with E-state index >= 15 is 0 Å². The molecule has 2 amide bonds. The summed E-state index contributed by atoms with van der Waals surface area (Å²) in [5.41, 5.74) is 3.77. The lowest BCUT2D eigenvalue weighted by Crippen LogP contribution is -2.26. The second-order valence-electron chi connectivity index (χ2n) is 8.01. The molecule has 5 rings (SSSR count). The number of hydrogen-bond acceptors (Lipinski definition) is 6. The van der Waals surface area contributed by atoms with Crippen LogP contribution in [0, 0.1) is 12.8 Å². The first-order chi connectivity index (χ1) is 16.2. The Morgan fingerprint density at radius 1 is 1.22 bits per heavy atom. The molecular weight excluding hydrogens is 406 g/mol. The van der Waals surface area contributed by atoms with Crippen LogP contribution in [0.25, 0.3) is 5.69 Å². The van der Waals surface area contributed by atoms with Crippen molar-refractivity contribution < 1.29 is 12.3 Å². The van der Waals surface area contributed by atoms with E-state index in [0.717, 1.165) is 12.8 Å². The van der Waals surface area contributed by atoms with Crippen molar-refractivity contribution in [3.63, 3.8) is 0 Å². The number of rotatable bonds is 5. The Labute approximate surface area is 188 Å². The molecule has 3 heterocycles. The number of pyridine rings is 1. The average Bonchev–Trinajstić information content (AvgIpc) is 3.58. The summed E-state index contributed by atoms with van der Waals surface area (Å²) < 4.78 is 19.0. The normalized spacial score (nSPS) is 16.9. The Morgan fingerprint density at radius 3 is 2.78 bits per heavy atom. The van der Waals surface area contributed by atoms with Gasteiger partial charge in [-0.1, -0.05) is 6.07 Å². The first kappa shape index (κ1) is 17.8. The number of hydrogen-bond donors (Lipinski definition) is 3. The Balaban J connectivity index is 1.59. The van der Waals surface area contributed by atoms with Crippen LogP contribution in [-0.2, 0) is 11.3 Å². The maximum absolute atomic E-state index is 12.5. The number of nitrogens with one attached hydrogen (secondary N) is 3. The van der Waals surface area contributed by atoms with E-state index in [1.807, 2.05) is 25.1 Å². The zero-order chi connectivity index (χ0) is 24.2. The van der Waals surface area contributed by atoms with Crippen molar-refractivity contribution in [3.05, 3.63) is 53.5 Å². The summed E-state index contributed by atoms with van der Waals surface area (Å²) in [6, 6.07) is 8.87. The van der Waals surface area contributed by atoms with Crippen molar-refractivity contribution >= 4 is 34.7 Å². The van der Waals surface area contributed by atoms with Gasteiger partial charge in [-0.25, -0.2) is 9.67 Å². The molecule has 0 radical (unpaired) electrons. The second kappa shape index (κ2) is 7.67. The summed E-state index contributed by atoms with van der Waals surface area (Å²) in [5.74, 6) is -0.0719. The van der Waals surface area contributed by atoms with E-state index in [9.17, 15) is 9.59 Å². The largest absolute Gasteiger partial charge is 0.365 e. The highest BCUT2D eigenvalue weighted by Crippen LogP contribution is 2.39. The Morgan fingerprint density at radius 2 is 2.03 bits per heavy atom. The lowest BCUT2D eigenvalue weighted by Gasteiger charge is -2.30. The van der Waals surface area contributed by atoms with Crippen LogP contribution < -0.4 is 20.9 Å². The molecule has 1 aliphatic heterocycles. The molecule has 0 atom stereocenters. The zero-order valence-electron chi connectivity index (χ0n) is 20.1. The van der Waals surface area contributed by atoms with Gasteiger partial charge in [0, 0.05) is 32.3 Å². The minimum atomic E-state index is -1.81. The minimum absolute atomic E-state index is 0.0144. The fourth-order valence-corrected chi connectivity index (χ4v) is 3.81. The molecule has 1 aromatic carbocycles. The highest BCUT2D eigenvalue weighted by atomic mass is 16.2. The highest BCUT2D eigenvalue weighted by molar-refractivity contribution is 6.02. The van der Waals surface area contributed by atoms with E-state index in [1.165, 1.54) is 13.2 Å². The van der Waals surface area contributed by atoms with Gasteiger partial charge in [0.1, 0.15) is 5.82 Å². The lowest BCUT2D eigenvalue weighted by molar-refractivity contribution is -0.117. The van der Waals surface area contributed by atoms with Crippen molar-refractivity contribution in [2.75, 3.05) is 29.6 Å². The van der Waals surface area contributed by atoms with Gasteiger partial charge >= 0.3 is 0 Å². The molecule has 164 valence electrons. The fraction of sp³-hybridized carbons (Fsp3) is 0.304. The summed E-state index contributed by atoms with van der Waals surface area (Å²) in [6.45, 7) is 0.0184. The molecule has 9 nitrogen and oxygen atoms in total. The summed E-state index contributed by atoms with van der Waals surface area (Å²) >= 11 is 0. The van der Waals surface area contributed by atoms with Crippen LogP contribution in [-0.4, -0.2) is 40.7 Å². The molecule has 32 heavy (non-hydrogen) atoms. The molecule has 3 N–H and O–H groups in total. The number of fused-ring (bicyclic) bond motifs is 3. The number of nitrogens with zero attached hydrogens (tertiary/aromatic N) is 4. The van der Waals surface area contributed by atoms with Crippen LogP contribution in [0.1, 0.15) is 37.3 Å². The number of aryl methyl sites for hydroxylation is 1. The van der Waals surface area contributed by atoms with Gasteiger partial charge in [-0.05, 0) is 38.0 Å². The monoisotopic (exact) mass is 433 g/mol. The average molecular weight is 434 g/mol. The van der Waals surface area contributed by atoms with Gasteiger partial charge in [0.25, 0.3) is 5.91 Å². The van der Waals surface area contributed by atoms with Crippen LogP contribution in [0.15, 0.2) is 36.5 Å². The molecule has 1 fully saturated rings. The SMILES string of the molecule is [2H]C1([2H])c2cc(C)nn2-c2cccc(Nc3cc(NC(=O)C4CC4)ncc3C(=O)NC)c2N1C. The van der Waals surface area contributed by atoms with E-state index in [-0.39, 0.29) is 17.7 Å². The Kier molecular flexibility index (Phi) is 4.26. The standard InChI is InChI=1S/C23H25N7O2/c1-13-9-15-12-29(3)21-17(5-4-6-19(21)30(15)28-13)26-18-10-20(27-22(31)14-7-8-14)25-11-16(18)23(32)24-2/h4-6,9-11,14H,7-8,12H2,1-3H3,(H,24,32)(H2,25,26,27,31)/i12D2. The number of carbonyl (C=O) groups is 2. The van der Waals surface area contributed by atoms with Gasteiger partial charge in [-0.15, -0.1) is 0 Å². The molecule has 1 saturated carbocycles. The molecule has 9 heteroatoms. The van der Waals surface area contributed by atoms with Crippen molar-refractivity contribution in [1.29, 1.82) is 0 Å². The van der Waals surface area contributed by atoms with E-state index in [4.69, 9.17) is 2.74 Å². The van der Waals surface area contributed by atoms with E-state index in [0.29, 0.717) is 45.5 Å². The van der Waals surface area contributed by atoms with Gasteiger partial charge in [0.15, 0.2) is 0 Å². The summed E-state index contributed by atoms with van der Waals surface area (Å²) in [7, 11) is 3.21. The maximum atomic E-state index is 12.5. The fourth-order valence-electron chi connectivity index (χ4n) is 3.81. The van der Waals surface area contributed by atoms with Crippen LogP contribution >= 0.6 is 0 Å². The molecular formula is C23H25N7O2. The molecule has 0 spiro atoms. The van der Waals surface area contributed by atoms with Gasteiger partial charge in [-0.2, -0.15) is 5.10 Å². The number of aromatic nitrogens is 3. The maximum Gasteiger partial charge on any atom is 0.254 e. The van der Waals surface area contributed by atoms with E-state index < -0.39 is 6.50 Å². The van der Waals surface area contributed by atoms with Crippen LogP contribution in [0.5, 0.6) is 0 Å². The molecule has 0 unspecified atom stereocenters. The first-order valence-corrected chi connectivity index (χ1v) is 10.4. The highest BCUT2D eigenvalue weighted by Gasteiger charge is 2.30. The van der Waals surface area contributed by atoms with E-state index in [2.05, 4.69) is 26.0 Å². The Hall–Kier alpha value is -3.88. The zero-order valence-corrected chi connectivity index (χ0v) is 18.1. The summed E-state index contributed by atoms with van der Waals surface area (Å²) in [6.07, 6.45) is 3.15. The number of benzene rings is 1. The van der Waals surface area contributed by atoms with Crippen LogP contribution in [0.2, 0.25) is 0 Å². The van der Waals surface area contributed by atoms with Crippen LogP contribution in [0.3, 0.4) is 0 Å². The molecule has 3 aromatic rings. The van der Waals surface area contributed by atoms with Gasteiger partial charge in [-0.3, -0.25) is 9.59 Å². The molecule has 1 aliphatic carbocycles. The van der Waals surface area contributed by atoms with Gasteiger partial charge in [0.2, 0.25) is 5.91 Å². The topological polar surface area (TPSA) is 104 Å². The number of amides is 2. The molecule has 0 bridgehead atoms. The van der Waals surface area contributed by atoms with Crippen molar-refractivity contribution in [3.8, 4) is 5.69 Å². The lowest BCUT2D eigenvalue weighted by atomic mass is 10.1. The van der Waals surface area contributed by atoms with Crippen molar-refractivity contribution in [1.82, 2.24) is 20.1 Å². The number of para-hydroxylation sites is 1. The number of anilines is 4. The Bertz CT molecular complexity index is 1320. The quantitative estimate of drug-likeness (QED) is 0.572. The second-order valence-corrected chi connectivity index (χ2v) is 8.01. The third-order valence-electron chi connectivity index (χ3n) is 5.54. The third kappa shape index (κ3) is 3.55. The predicted molar refractivity (Wildman–Crippen MR) is 123 cm³/mol. The molecule has 2 aromatic heterocycles. The predicted octanol–water partition coefficient (Wildman–Crippen LogP) is 2.98. The molecule has 2 aliphatic rings. The van der Waals surface area contributed by atoms with Crippen molar-refractivity contribution in [2.24, 2.45) is 5.92 Å². The van der Waals surface area contributed by atoms with Gasteiger partial charge in [0.05, 0.1) is 48.9 Å². The van der Waals surface area contributed by atoms with Gasteiger partial charge < -0.3 is 20.9 Å². The summed E-state index contributed by atoms with van der Waals surface area (Å²) in [5, 5.41) is 13.2. The van der Waals surface area contributed by atoms with Crippen LogP contribution in [0.4, 0.5) is 22.9 Å². The molecule has 0 saturated heterocycles. The first-order valence-electron chi connectivity index (χ1n) is 11.4. The minimum Gasteiger partial charge on any atom is -0.365 e. The third-order valence-corrected chi connectivity index (χ3v) is 5.54. The smallest absolute Gasteiger partial charge is 0.254 e. The summed E-state index contributed by atoms with van der Waals surface area (Å²) in [4.78, 5) is 30.6. The van der Waals surface area contributed by atoms with E-state index in [1.54, 1.807) is 28.8 Å². The van der Waals surface area contributed by atoms with Crippen molar-refractivity contribution in [2.45, 2.75) is 26.3 Å². The number of carbonyl (C=O) groups excluding carboxylic acids is 2.